The van der Waals surface area contributed by atoms with E-state index in [1.165, 1.54) is 12.1 Å². The number of furan rings is 1. The summed E-state index contributed by atoms with van der Waals surface area (Å²) in [5.74, 6) is 0. The van der Waals surface area contributed by atoms with E-state index in [1.54, 1.807) is 43.0 Å². The molecule has 0 spiro atoms. The van der Waals surface area contributed by atoms with Gasteiger partial charge in [-0.25, -0.2) is 13.1 Å². The van der Waals surface area contributed by atoms with E-state index in [4.69, 9.17) is 27.6 Å². The third kappa shape index (κ3) is 3.62. The Morgan fingerprint density at radius 2 is 1.83 bits per heavy atom. The number of benzene rings is 1. The molecule has 3 aromatic rings. The Morgan fingerprint density at radius 1 is 1.08 bits per heavy atom. The SMILES string of the molecule is O=S(=O)(NCc1ccc(-c2ccoc2)nc1)c1c(Cl)cccc1Cl. The van der Waals surface area contributed by atoms with Gasteiger partial charge in [0.25, 0.3) is 0 Å². The fraction of sp³-hybridized carbons (Fsp3) is 0.0625. The van der Waals surface area contributed by atoms with Crippen LogP contribution >= 0.6 is 23.2 Å². The number of hydrogen-bond acceptors (Lipinski definition) is 4. The van der Waals surface area contributed by atoms with Gasteiger partial charge in [0.2, 0.25) is 10.0 Å². The summed E-state index contributed by atoms with van der Waals surface area (Å²) in [6.07, 6.45) is 4.75. The minimum Gasteiger partial charge on any atom is -0.472 e. The molecule has 8 heteroatoms. The smallest absolute Gasteiger partial charge is 0.243 e. The first-order valence-corrected chi connectivity index (χ1v) is 9.12. The highest BCUT2D eigenvalue weighted by Gasteiger charge is 2.21. The van der Waals surface area contributed by atoms with Gasteiger partial charge in [-0.2, -0.15) is 0 Å². The fourth-order valence-electron chi connectivity index (χ4n) is 2.10. The minimum absolute atomic E-state index is 0.0720. The molecule has 1 aromatic carbocycles. The summed E-state index contributed by atoms with van der Waals surface area (Å²) in [6, 6.07) is 9.90. The van der Waals surface area contributed by atoms with Crippen LogP contribution in [0.4, 0.5) is 0 Å². The number of nitrogens with zero attached hydrogens (tertiary/aromatic N) is 1. The molecule has 124 valence electrons. The Morgan fingerprint density at radius 3 is 2.42 bits per heavy atom. The second kappa shape index (κ2) is 6.94. The molecule has 1 N–H and O–H groups in total. The fourth-order valence-corrected chi connectivity index (χ4v) is 4.26. The zero-order valence-corrected chi connectivity index (χ0v) is 14.6. The molecule has 2 aromatic heterocycles. The lowest BCUT2D eigenvalue weighted by molar-refractivity contribution is 0.568. The molecule has 0 aliphatic rings. The predicted molar refractivity (Wildman–Crippen MR) is 92.4 cm³/mol. The molecule has 0 unspecified atom stereocenters. The Bertz CT molecular complexity index is 920. The molecule has 3 rings (SSSR count). The molecule has 0 amide bonds. The third-order valence-electron chi connectivity index (χ3n) is 3.30. The van der Waals surface area contributed by atoms with Gasteiger partial charge in [-0.1, -0.05) is 35.3 Å². The molecular formula is C16H12Cl2N2O3S. The van der Waals surface area contributed by atoms with Crippen LogP contribution in [0.2, 0.25) is 10.0 Å². The summed E-state index contributed by atoms with van der Waals surface area (Å²) in [4.78, 5) is 4.15. The van der Waals surface area contributed by atoms with Crippen molar-refractivity contribution in [3.05, 3.63) is 70.7 Å². The monoisotopic (exact) mass is 382 g/mol. The minimum atomic E-state index is -3.83. The highest BCUT2D eigenvalue weighted by atomic mass is 35.5. The zero-order chi connectivity index (χ0) is 17.2. The molecule has 0 saturated carbocycles. The van der Waals surface area contributed by atoms with Crippen LogP contribution in [0.3, 0.4) is 0 Å². The maximum atomic E-state index is 12.4. The summed E-state index contributed by atoms with van der Waals surface area (Å²) in [6.45, 7) is 0.0720. The Hall–Kier alpha value is -1.86. The van der Waals surface area contributed by atoms with Gasteiger partial charge < -0.3 is 4.42 Å². The second-order valence-electron chi connectivity index (χ2n) is 4.94. The second-order valence-corrected chi connectivity index (χ2v) is 7.46. The first-order chi connectivity index (χ1) is 11.5. The van der Waals surface area contributed by atoms with Crippen molar-refractivity contribution in [1.29, 1.82) is 0 Å². The van der Waals surface area contributed by atoms with Crippen LogP contribution < -0.4 is 4.72 Å². The van der Waals surface area contributed by atoms with Gasteiger partial charge in [0.1, 0.15) is 4.90 Å². The van der Waals surface area contributed by atoms with E-state index >= 15 is 0 Å². The standard InChI is InChI=1S/C16H12Cl2N2O3S/c17-13-2-1-3-14(18)16(13)24(21,22)20-9-11-4-5-15(19-8-11)12-6-7-23-10-12/h1-8,10,20H,9H2. The maximum Gasteiger partial charge on any atom is 0.243 e. The van der Waals surface area contributed by atoms with Gasteiger partial charge in [0.05, 0.1) is 28.3 Å². The predicted octanol–water partition coefficient (Wildman–Crippen LogP) is 4.13. The van der Waals surface area contributed by atoms with Gasteiger partial charge >= 0.3 is 0 Å². The number of hydrogen-bond donors (Lipinski definition) is 1. The number of sulfonamides is 1. The lowest BCUT2D eigenvalue weighted by Gasteiger charge is -2.10. The van der Waals surface area contributed by atoms with Gasteiger partial charge in [-0.3, -0.25) is 4.98 Å². The Labute approximate surface area is 149 Å². The van der Waals surface area contributed by atoms with Crippen molar-refractivity contribution < 1.29 is 12.8 Å². The van der Waals surface area contributed by atoms with Crippen molar-refractivity contribution in [1.82, 2.24) is 9.71 Å². The molecule has 0 saturated heterocycles. The first-order valence-electron chi connectivity index (χ1n) is 6.88. The molecule has 24 heavy (non-hydrogen) atoms. The van der Waals surface area contributed by atoms with Crippen molar-refractivity contribution in [2.75, 3.05) is 0 Å². The largest absolute Gasteiger partial charge is 0.472 e. The summed E-state index contributed by atoms with van der Waals surface area (Å²) in [5.41, 5.74) is 2.29. The van der Waals surface area contributed by atoms with Crippen molar-refractivity contribution >= 4 is 33.2 Å². The van der Waals surface area contributed by atoms with Gasteiger partial charge in [0.15, 0.2) is 0 Å². The molecule has 0 aliphatic carbocycles. The number of nitrogens with one attached hydrogen (secondary N) is 1. The number of rotatable bonds is 5. The van der Waals surface area contributed by atoms with Crippen LogP contribution in [0.25, 0.3) is 11.3 Å². The van der Waals surface area contributed by atoms with Crippen LogP contribution in [-0.4, -0.2) is 13.4 Å². The maximum absolute atomic E-state index is 12.4. The van der Waals surface area contributed by atoms with Crippen molar-refractivity contribution in [2.24, 2.45) is 0 Å². The zero-order valence-electron chi connectivity index (χ0n) is 12.2. The lowest BCUT2D eigenvalue weighted by Crippen LogP contribution is -2.24. The Kier molecular flexibility index (Phi) is 4.91. The molecule has 2 heterocycles. The van der Waals surface area contributed by atoms with Crippen LogP contribution in [0.5, 0.6) is 0 Å². The van der Waals surface area contributed by atoms with Crippen molar-refractivity contribution in [3.8, 4) is 11.3 Å². The topological polar surface area (TPSA) is 72.2 Å². The summed E-state index contributed by atoms with van der Waals surface area (Å²) in [7, 11) is -3.83. The quantitative estimate of drug-likeness (QED) is 0.719. The van der Waals surface area contributed by atoms with E-state index in [0.717, 1.165) is 11.3 Å². The van der Waals surface area contributed by atoms with E-state index in [1.807, 2.05) is 0 Å². The van der Waals surface area contributed by atoms with Gasteiger partial charge in [-0.05, 0) is 29.8 Å². The van der Waals surface area contributed by atoms with E-state index in [2.05, 4.69) is 9.71 Å². The highest BCUT2D eigenvalue weighted by Crippen LogP contribution is 2.28. The van der Waals surface area contributed by atoms with Gasteiger partial charge in [0, 0.05) is 18.3 Å². The van der Waals surface area contributed by atoms with Crippen molar-refractivity contribution in [2.45, 2.75) is 11.4 Å². The van der Waals surface area contributed by atoms with Crippen LogP contribution in [0, 0.1) is 0 Å². The van der Waals surface area contributed by atoms with E-state index in [9.17, 15) is 8.42 Å². The van der Waals surface area contributed by atoms with Crippen LogP contribution in [0.1, 0.15) is 5.56 Å². The molecule has 0 aliphatic heterocycles. The lowest BCUT2D eigenvalue weighted by atomic mass is 10.2. The first kappa shape index (κ1) is 17.0. The molecule has 5 nitrogen and oxygen atoms in total. The molecule has 0 radical (unpaired) electrons. The average Bonchev–Trinajstić information content (AvgIpc) is 3.07. The van der Waals surface area contributed by atoms with E-state index in [0.29, 0.717) is 5.56 Å². The summed E-state index contributed by atoms with van der Waals surface area (Å²) in [5, 5.41) is 0.145. The molecule has 0 fully saturated rings. The molecular weight excluding hydrogens is 371 g/mol. The van der Waals surface area contributed by atoms with Crippen molar-refractivity contribution in [3.63, 3.8) is 0 Å². The highest BCUT2D eigenvalue weighted by molar-refractivity contribution is 7.89. The Balaban J connectivity index is 1.75. The molecule has 0 atom stereocenters. The normalized spacial score (nSPS) is 11.6. The number of halogens is 2. The van der Waals surface area contributed by atoms with Crippen LogP contribution in [0.15, 0.2) is 64.4 Å². The number of aromatic nitrogens is 1. The molecule has 0 bridgehead atoms. The van der Waals surface area contributed by atoms with E-state index < -0.39 is 10.0 Å². The summed E-state index contributed by atoms with van der Waals surface area (Å²) < 4.78 is 32.3. The third-order valence-corrected chi connectivity index (χ3v) is 5.65. The van der Waals surface area contributed by atoms with Crippen LogP contribution in [-0.2, 0) is 16.6 Å². The van der Waals surface area contributed by atoms with E-state index in [-0.39, 0.29) is 21.5 Å². The number of pyridine rings is 1. The summed E-state index contributed by atoms with van der Waals surface area (Å²) >= 11 is 11.9. The van der Waals surface area contributed by atoms with Gasteiger partial charge in [-0.15, -0.1) is 0 Å². The average molecular weight is 383 g/mol.